The van der Waals surface area contributed by atoms with Gasteiger partial charge < -0.3 is 66.3 Å². The lowest BCUT2D eigenvalue weighted by Crippen LogP contribution is -2.44. The first-order valence-corrected chi connectivity index (χ1v) is 35.1. The maximum atomic E-state index is 12.1. The van der Waals surface area contributed by atoms with E-state index < -0.39 is 94.1 Å². The molecule has 4 saturated heterocycles. The monoisotopic (exact) mass is 1400 g/mol. The quantitative estimate of drug-likeness (QED) is 0.0822. The van der Waals surface area contributed by atoms with Crippen LogP contribution in [0.25, 0.3) is 0 Å². The van der Waals surface area contributed by atoms with Crippen molar-refractivity contribution < 1.29 is 129 Å². The molecule has 0 spiro atoms. The summed E-state index contributed by atoms with van der Waals surface area (Å²) in [7, 11) is 5.52. The molecule has 12 aliphatic rings. The highest BCUT2D eigenvalue weighted by atomic mass is 16.6. The largest absolute Gasteiger partial charge is 0.469 e. The van der Waals surface area contributed by atoms with Crippen LogP contribution in [0.1, 0.15) is 167 Å². The lowest BCUT2D eigenvalue weighted by Gasteiger charge is -2.30. The van der Waals surface area contributed by atoms with Gasteiger partial charge in [0.05, 0.1) is 98.3 Å². The van der Waals surface area contributed by atoms with Crippen molar-refractivity contribution in [1.82, 2.24) is 0 Å². The van der Waals surface area contributed by atoms with E-state index in [1.54, 1.807) is 48.7 Å². The van der Waals surface area contributed by atoms with E-state index in [0.717, 1.165) is 31.8 Å². The van der Waals surface area contributed by atoms with Gasteiger partial charge in [0.2, 0.25) is 0 Å². The average Bonchev–Trinajstić information content (AvgIpc) is 1.56. The number of carbonyl (C=O) groups is 13. The molecule has 0 aromatic carbocycles. The molecular weight excluding hydrogens is 1300 g/mol. The zero-order valence-corrected chi connectivity index (χ0v) is 60.5. The third-order valence-corrected chi connectivity index (χ3v) is 23.6. The van der Waals surface area contributed by atoms with E-state index in [-0.39, 0.29) is 110 Å². The molecule has 4 aliphatic heterocycles. The summed E-state index contributed by atoms with van der Waals surface area (Å²) in [5.74, 6) is -1.58. The van der Waals surface area contributed by atoms with Crippen molar-refractivity contribution in [2.45, 2.75) is 197 Å². The predicted octanol–water partition coefficient (Wildman–Crippen LogP) is 7.02. The minimum Gasteiger partial charge on any atom is -0.469 e. The van der Waals surface area contributed by atoms with E-state index in [4.69, 9.17) is 56.8 Å². The van der Waals surface area contributed by atoms with Crippen molar-refractivity contribution in [1.29, 1.82) is 0 Å². The first-order chi connectivity index (χ1) is 46.6. The molecule has 0 N–H and O–H groups in total. The summed E-state index contributed by atoms with van der Waals surface area (Å²) >= 11 is 0. The molecule has 8 aliphatic carbocycles. The topological polar surface area (TPSA) is 351 Å². The minimum atomic E-state index is -0.717. The fraction of sp³-hybridized carbons (Fsp3) is 0.819. The van der Waals surface area contributed by atoms with Gasteiger partial charge >= 0.3 is 77.6 Å². The molecule has 99 heavy (non-hydrogen) atoms. The van der Waals surface area contributed by atoms with Crippen molar-refractivity contribution in [2.24, 2.45) is 110 Å². The highest BCUT2D eigenvalue weighted by Crippen LogP contribution is 2.60. The van der Waals surface area contributed by atoms with Gasteiger partial charge in [-0.05, 0) is 156 Å². The third-order valence-electron chi connectivity index (χ3n) is 23.6. The van der Waals surface area contributed by atoms with Crippen LogP contribution in [0.15, 0.2) is 0 Å². The van der Waals surface area contributed by atoms with E-state index in [2.05, 4.69) is 9.47 Å². The van der Waals surface area contributed by atoms with E-state index in [1.165, 1.54) is 47.0 Å². The van der Waals surface area contributed by atoms with Crippen LogP contribution in [-0.4, -0.2) is 176 Å². The van der Waals surface area contributed by atoms with Crippen LogP contribution in [0.2, 0.25) is 0 Å². The first-order valence-electron chi connectivity index (χ1n) is 35.1. The Morgan fingerprint density at radius 1 is 0.414 bits per heavy atom. The summed E-state index contributed by atoms with van der Waals surface area (Å²) in [5.41, 5.74) is -2.29. The van der Waals surface area contributed by atoms with Crippen LogP contribution in [0, 0.1) is 110 Å². The summed E-state index contributed by atoms with van der Waals surface area (Å²) in [6, 6.07) is 0. The van der Waals surface area contributed by atoms with E-state index in [9.17, 15) is 62.3 Å². The average molecular weight is 1400 g/mol. The second kappa shape index (κ2) is 33.2. The molecule has 27 heteroatoms. The van der Waals surface area contributed by atoms with Gasteiger partial charge in [0, 0.05) is 42.6 Å². The van der Waals surface area contributed by atoms with Gasteiger partial charge in [0.1, 0.15) is 31.0 Å². The standard InChI is InChI=1S/C18H24O8.C17H24O6.C10H14O3.2C9H16O4.C9H12O2/c1-5-18(2,3)17(22)24-7-10(19)25-13-8-6-9-12(11(8)15(20)23-4)16(21)26-14(9)13;1-4-17(2,3)16(20)21-6-5-12(18)22-13-9-7-10-11(8-9)15(19)23-14(10)13;1-12-8-3-5-2-6(8)9-7(5)4-13-10(9)11;2*1-5-9(2,3)8(11)13-6-7(10)12-4;10-9-8-6-2-1-5(3-6)7(8)4-11-9/h8-9,11-14H,5-7H2,1-4H3;9-11,13-14H,4-8H2,1-3H3;5-9H,2-4H2,1H3;2*5-6H2,1-4H3;5-8H,1-4H2. The van der Waals surface area contributed by atoms with Crippen molar-refractivity contribution in [3.63, 3.8) is 0 Å². The number of carbonyl (C=O) groups excluding carboxylic acids is 13. The number of methoxy groups -OCH3 is 4. The number of rotatable bonds is 21. The molecule has 0 amide bonds. The number of esters is 13. The molecule has 12 rings (SSSR count). The summed E-state index contributed by atoms with van der Waals surface area (Å²) in [6.07, 6.45) is 9.61. The molecule has 20 atom stereocenters. The van der Waals surface area contributed by atoms with Gasteiger partial charge in [0.15, 0.2) is 19.8 Å². The fourth-order valence-electron chi connectivity index (χ4n) is 16.0. The highest BCUT2D eigenvalue weighted by Gasteiger charge is 2.70. The molecule has 27 nitrogen and oxygen atoms in total. The minimum absolute atomic E-state index is 0.0113. The van der Waals surface area contributed by atoms with Gasteiger partial charge in [-0.3, -0.25) is 47.9 Å². The Morgan fingerprint density at radius 2 is 0.879 bits per heavy atom. The Bertz CT molecular complexity index is 2940. The van der Waals surface area contributed by atoms with Crippen molar-refractivity contribution in [3.8, 4) is 0 Å². The lowest BCUT2D eigenvalue weighted by atomic mass is 9.78. The fourth-order valence-corrected chi connectivity index (χ4v) is 16.0. The zero-order chi connectivity index (χ0) is 73.4. The molecule has 8 bridgehead atoms. The summed E-state index contributed by atoms with van der Waals surface area (Å²) in [4.78, 5) is 150. The van der Waals surface area contributed by atoms with E-state index in [0.29, 0.717) is 80.3 Å². The highest BCUT2D eigenvalue weighted by molar-refractivity contribution is 5.87. The Kier molecular flexibility index (Phi) is 26.7. The van der Waals surface area contributed by atoms with Gasteiger partial charge in [-0.15, -0.1) is 0 Å². The molecule has 4 heterocycles. The molecule has 12 fully saturated rings. The number of ether oxygens (including phenoxy) is 14. The molecule has 20 unspecified atom stereocenters. The molecule has 0 radical (unpaired) electrons. The van der Waals surface area contributed by atoms with Gasteiger partial charge in [-0.1, -0.05) is 27.7 Å². The molecule has 8 saturated carbocycles. The Morgan fingerprint density at radius 3 is 1.38 bits per heavy atom. The SMILES string of the molecule is CCC(C)(C)C(=O)OCC(=O)OC.CCC(C)(C)C(=O)OCC(=O)OC.CCC(C)(C)C(=O)OCC(=O)OC1C2CC3C1OC(=O)C3C2C(=O)OC.CCC(C)(C)C(=O)OCCC(=O)OC1C2CC3C(=O)OC1C3C2.COC1CC2CC1C1C(=O)OCC21.O=C1OCC2C3CCC(C3)C12. The first kappa shape index (κ1) is 79.4. The Labute approximate surface area is 579 Å². The van der Waals surface area contributed by atoms with Gasteiger partial charge in [0.25, 0.3) is 0 Å². The van der Waals surface area contributed by atoms with Crippen molar-refractivity contribution in [2.75, 3.05) is 68.1 Å². The molecular formula is C72H106O27. The predicted molar refractivity (Wildman–Crippen MR) is 342 cm³/mol. The number of fused-ring (bicyclic) bond motifs is 12. The van der Waals surface area contributed by atoms with Crippen molar-refractivity contribution >= 4 is 77.6 Å². The second-order valence-electron chi connectivity index (χ2n) is 30.7. The summed E-state index contributed by atoms with van der Waals surface area (Å²) in [5, 5.41) is 0. The zero-order valence-electron chi connectivity index (χ0n) is 60.5. The maximum absolute atomic E-state index is 12.1. The van der Waals surface area contributed by atoms with Crippen LogP contribution in [0.3, 0.4) is 0 Å². The number of hydrogen-bond acceptors (Lipinski definition) is 27. The van der Waals surface area contributed by atoms with Crippen LogP contribution < -0.4 is 0 Å². The van der Waals surface area contributed by atoms with Crippen LogP contribution in [0.5, 0.6) is 0 Å². The Balaban J connectivity index is 0.000000172. The number of hydrogen-bond donors (Lipinski definition) is 0. The number of cyclic esters (lactones) is 2. The van der Waals surface area contributed by atoms with Crippen LogP contribution in [0.4, 0.5) is 0 Å². The van der Waals surface area contributed by atoms with Crippen LogP contribution >= 0.6 is 0 Å². The molecule has 556 valence electrons. The normalized spacial score (nSPS) is 32.6. The van der Waals surface area contributed by atoms with E-state index >= 15 is 0 Å². The third kappa shape index (κ3) is 17.9. The van der Waals surface area contributed by atoms with Gasteiger partial charge in [-0.25, -0.2) is 14.4 Å². The van der Waals surface area contributed by atoms with Gasteiger partial charge in [-0.2, -0.15) is 0 Å². The summed E-state index contributed by atoms with van der Waals surface area (Å²) < 4.78 is 70.3. The molecule has 0 aromatic heterocycles. The summed E-state index contributed by atoms with van der Waals surface area (Å²) in [6.45, 7) is 22.0. The second-order valence-corrected chi connectivity index (χ2v) is 30.7. The van der Waals surface area contributed by atoms with Crippen LogP contribution in [-0.2, 0) is 129 Å². The van der Waals surface area contributed by atoms with Crippen molar-refractivity contribution in [3.05, 3.63) is 0 Å². The smallest absolute Gasteiger partial charge is 0.344 e. The molecule has 0 aromatic rings. The van der Waals surface area contributed by atoms with E-state index in [1.807, 2.05) is 41.5 Å². The maximum Gasteiger partial charge on any atom is 0.344 e. The lowest BCUT2D eigenvalue weighted by molar-refractivity contribution is -0.174. The Hall–Kier alpha value is -6.93.